The van der Waals surface area contributed by atoms with Crippen LogP contribution in [0.3, 0.4) is 0 Å². The van der Waals surface area contributed by atoms with Crippen molar-refractivity contribution in [2.24, 2.45) is 0 Å². The van der Waals surface area contributed by atoms with Gasteiger partial charge in [0.2, 0.25) is 0 Å². The number of nitrogens with zero attached hydrogens (tertiary/aromatic N) is 2. The second-order valence-corrected chi connectivity index (χ2v) is 18.3. The van der Waals surface area contributed by atoms with E-state index in [0.29, 0.717) is 0 Å². The molecule has 0 atom stereocenters. The smallest absolute Gasteiger partial charge is 0.170 e. The molecule has 0 spiro atoms. The molecule has 96 valence electrons. The molecule has 0 N–H and O–H groups in total. The summed E-state index contributed by atoms with van der Waals surface area (Å²) in [5.41, 5.74) is -0.118. The van der Waals surface area contributed by atoms with E-state index < -0.39 is 11.9 Å². The van der Waals surface area contributed by atoms with E-state index >= 15 is 0 Å². The van der Waals surface area contributed by atoms with Crippen LogP contribution in [0.25, 0.3) is 0 Å². The van der Waals surface area contributed by atoms with Gasteiger partial charge in [-0.1, -0.05) is 0 Å². The average Bonchev–Trinajstić information content (AvgIpc) is 1.69. The summed E-state index contributed by atoms with van der Waals surface area (Å²) < 4.78 is 4.38. The average molecular weight is 334 g/mol. The van der Waals surface area contributed by atoms with Crippen LogP contribution in [0.5, 0.6) is 0 Å². The van der Waals surface area contributed by atoms with Crippen LogP contribution in [0.1, 0.15) is 41.5 Å². The topological polar surface area (TPSA) is 6.48 Å². The molecule has 1 saturated heterocycles. The highest BCUT2D eigenvalue weighted by atomic mass is 33.1. The van der Waals surface area contributed by atoms with Gasteiger partial charge in [0, 0.05) is 24.5 Å². The third-order valence-corrected chi connectivity index (χ3v) is 16.9. The molecule has 1 aliphatic heterocycles. The Hall–Kier alpha value is 2.18. The molecule has 0 unspecified atom stereocenters. The molecular formula is C8H20N2P2S4. The van der Waals surface area contributed by atoms with Crippen LogP contribution in [-0.4, -0.2) is 20.0 Å². The van der Waals surface area contributed by atoms with Gasteiger partial charge in [-0.2, -0.15) is 0 Å². The standard InChI is InChI=1S/C8H20N2P2S4/c1-7(2,3)9-11(13,14)10(8(4,5)6)12(9,15)16/h1-6H3,(H,13,14)(H,15,16). The molecule has 0 aromatic heterocycles. The quantitative estimate of drug-likeness (QED) is 0.382. The van der Waals surface area contributed by atoms with Crippen molar-refractivity contribution in [3.05, 3.63) is 0 Å². The lowest BCUT2D eigenvalue weighted by Gasteiger charge is -2.66. The lowest BCUT2D eigenvalue weighted by molar-refractivity contribution is 0.291. The Kier molecular flexibility index (Phi) is 4.41. The molecule has 1 fully saturated rings. The minimum Gasteiger partial charge on any atom is -0.499 e. The van der Waals surface area contributed by atoms with Gasteiger partial charge < -0.3 is 24.5 Å². The molecule has 8 heteroatoms. The van der Waals surface area contributed by atoms with Crippen molar-refractivity contribution in [3.63, 3.8) is 0 Å². The van der Waals surface area contributed by atoms with Crippen LogP contribution in [0.2, 0.25) is 0 Å². The fraction of sp³-hybridized carbons (Fsp3) is 1.00. The Morgan fingerprint density at radius 2 is 0.938 bits per heavy atom. The van der Waals surface area contributed by atoms with Crippen LogP contribution in [-0.2, 0) is 24.5 Å². The maximum absolute atomic E-state index is 5.70. The summed E-state index contributed by atoms with van der Waals surface area (Å²) in [7, 11) is 0. The Labute approximate surface area is 122 Å². The molecule has 0 bridgehead atoms. The van der Waals surface area contributed by atoms with E-state index in [-0.39, 0.29) is 11.1 Å². The van der Waals surface area contributed by atoms with Crippen LogP contribution >= 0.6 is 36.4 Å². The summed E-state index contributed by atoms with van der Waals surface area (Å²) in [6, 6.07) is 0. The lowest BCUT2D eigenvalue weighted by Crippen LogP contribution is -2.57. The summed E-state index contributed by atoms with van der Waals surface area (Å²) in [6.07, 6.45) is 0. The van der Waals surface area contributed by atoms with Gasteiger partial charge in [0.1, 0.15) is 0 Å². The molecule has 2 nitrogen and oxygen atoms in total. The van der Waals surface area contributed by atoms with Gasteiger partial charge in [-0.15, -0.1) is 0 Å². The summed E-state index contributed by atoms with van der Waals surface area (Å²) in [4.78, 5) is 0. The van der Waals surface area contributed by atoms with Crippen molar-refractivity contribution in [1.82, 2.24) is 8.88 Å². The fourth-order valence-corrected chi connectivity index (χ4v) is 26.4. The monoisotopic (exact) mass is 334 g/mol. The van der Waals surface area contributed by atoms with Crippen molar-refractivity contribution in [3.8, 4) is 0 Å². The Bertz CT molecular complexity index is 253. The summed E-state index contributed by atoms with van der Waals surface area (Å²) in [6.45, 7) is 12.8. The van der Waals surface area contributed by atoms with Gasteiger partial charge >= 0.3 is 0 Å². The molecule has 1 aliphatic rings. The normalized spacial score (nSPS) is 38.6. The first-order chi connectivity index (χ1) is 6.73. The molecule has 0 radical (unpaired) electrons. The molecular weight excluding hydrogens is 314 g/mol. The largest absolute Gasteiger partial charge is 0.499 e. The maximum atomic E-state index is 5.70. The molecule has 1 rings (SSSR count). The third-order valence-electron chi connectivity index (χ3n) is 2.19. The van der Waals surface area contributed by atoms with Crippen molar-refractivity contribution >= 4 is 60.9 Å². The molecule has 0 amide bonds. The maximum Gasteiger partial charge on any atom is 0.170 e. The highest BCUT2D eigenvalue weighted by Gasteiger charge is 2.74. The minimum absolute atomic E-state index is 0.0592. The predicted octanol–water partition coefficient (Wildman–Crippen LogP) is 4.51. The highest BCUT2D eigenvalue weighted by Crippen LogP contribution is 3.02. The Balaban J connectivity index is 3.15. The summed E-state index contributed by atoms with van der Waals surface area (Å²) >= 11 is 20.8. The number of thiol groups is 2. The van der Waals surface area contributed by atoms with Gasteiger partial charge in [-0.3, -0.25) is 0 Å². The second-order valence-electron chi connectivity index (χ2n) is 5.95. The van der Waals surface area contributed by atoms with E-state index in [0.717, 1.165) is 0 Å². The minimum atomic E-state index is -1.99. The van der Waals surface area contributed by atoms with Gasteiger partial charge in [0.05, 0.1) is 11.1 Å². The number of rotatable bonds is 0. The molecule has 0 aliphatic carbocycles. The molecule has 1 heterocycles. The molecule has 0 aromatic carbocycles. The molecule has 16 heavy (non-hydrogen) atoms. The third kappa shape index (κ3) is 2.56. The van der Waals surface area contributed by atoms with E-state index in [4.69, 9.17) is 49.0 Å². The summed E-state index contributed by atoms with van der Waals surface area (Å²) in [5.74, 6) is -3.98. The lowest BCUT2D eigenvalue weighted by atomic mass is 10.1. The molecule has 0 saturated carbocycles. The van der Waals surface area contributed by atoms with Gasteiger partial charge in [-0.25, -0.2) is 0 Å². The molecule has 0 aromatic rings. The SMILES string of the molecule is CC(C)(C)N1[P+]([S-])(S)N(C(C)(C)C)[P+]1([S-])S. The van der Waals surface area contributed by atoms with Crippen molar-refractivity contribution in [1.29, 1.82) is 0 Å². The highest BCUT2D eigenvalue weighted by molar-refractivity contribution is 8.91. The van der Waals surface area contributed by atoms with E-state index in [1.54, 1.807) is 0 Å². The Morgan fingerprint density at radius 3 is 1.06 bits per heavy atom. The van der Waals surface area contributed by atoms with E-state index in [2.05, 4.69) is 50.4 Å². The van der Waals surface area contributed by atoms with E-state index in [1.165, 1.54) is 0 Å². The first-order valence-electron chi connectivity index (χ1n) is 5.01. The first-order valence-corrected chi connectivity index (χ1v) is 12.7. The van der Waals surface area contributed by atoms with Gasteiger partial charge in [0.15, 0.2) is 11.9 Å². The number of hydrogen-bond donors (Lipinski definition) is 2. The van der Waals surface area contributed by atoms with Crippen molar-refractivity contribution in [2.75, 3.05) is 0 Å². The fourth-order valence-electron chi connectivity index (χ4n) is 2.00. The predicted molar refractivity (Wildman–Crippen MR) is 89.7 cm³/mol. The van der Waals surface area contributed by atoms with Crippen LogP contribution in [0, 0.1) is 0 Å². The van der Waals surface area contributed by atoms with Gasteiger partial charge in [-0.05, 0) is 50.4 Å². The van der Waals surface area contributed by atoms with E-state index in [1.807, 2.05) is 0 Å². The van der Waals surface area contributed by atoms with Crippen LogP contribution in [0.4, 0.5) is 0 Å². The first kappa shape index (κ1) is 16.2. The zero-order valence-electron chi connectivity index (χ0n) is 10.5. The zero-order valence-corrected chi connectivity index (χ0v) is 15.7. The Morgan fingerprint density at radius 1 is 0.750 bits per heavy atom. The second kappa shape index (κ2) is 4.34. The van der Waals surface area contributed by atoms with Crippen molar-refractivity contribution in [2.45, 2.75) is 52.6 Å². The van der Waals surface area contributed by atoms with E-state index in [9.17, 15) is 0 Å². The number of hydrogen-bond acceptors (Lipinski definition) is 6. The van der Waals surface area contributed by atoms with Crippen LogP contribution < -0.4 is 0 Å². The van der Waals surface area contributed by atoms with Gasteiger partial charge in [0.25, 0.3) is 0 Å². The van der Waals surface area contributed by atoms with Crippen LogP contribution in [0.15, 0.2) is 0 Å². The zero-order chi connectivity index (χ0) is 13.2. The summed E-state index contributed by atoms with van der Waals surface area (Å²) in [5, 5.41) is 0. The van der Waals surface area contributed by atoms with Crippen molar-refractivity contribution < 1.29 is 0 Å².